The van der Waals surface area contributed by atoms with Gasteiger partial charge in [-0.3, -0.25) is 0 Å². The Bertz CT molecular complexity index is 796. The molecule has 158 valence electrons. The summed E-state index contributed by atoms with van der Waals surface area (Å²) in [5.74, 6) is 0. The third-order valence-electron chi connectivity index (χ3n) is 4.69. The van der Waals surface area contributed by atoms with Crippen LogP contribution in [-0.2, 0) is 17.8 Å². The Labute approximate surface area is 181 Å². The molecule has 0 spiro atoms. The minimum atomic E-state index is -0.444. The molecule has 0 radical (unpaired) electrons. The number of thiazole rings is 1. The standard InChI is InChI=1S/C21H29ClN4O2S/c1-21(2,3)28-20(27)26-10-8-17(9-11-26)23-12-15-4-6-16(7-5-15)24-13-18-14-25-19(22)29-18/h4-7,14,17,23-24H,8-13H2,1-3H3. The molecule has 1 fully saturated rings. The molecular weight excluding hydrogens is 408 g/mol. The zero-order valence-corrected chi connectivity index (χ0v) is 18.8. The second-order valence-corrected chi connectivity index (χ2v) is 9.95. The molecule has 8 heteroatoms. The lowest BCUT2D eigenvalue weighted by atomic mass is 10.0. The van der Waals surface area contributed by atoms with Gasteiger partial charge in [-0.2, -0.15) is 0 Å². The maximum Gasteiger partial charge on any atom is 0.410 e. The van der Waals surface area contributed by atoms with Crippen molar-refractivity contribution < 1.29 is 9.53 Å². The molecule has 0 atom stereocenters. The number of likely N-dealkylation sites (tertiary alicyclic amines) is 1. The van der Waals surface area contributed by atoms with E-state index in [0.29, 0.717) is 10.5 Å². The number of ether oxygens (including phenoxy) is 1. The second-order valence-electron chi connectivity index (χ2n) is 8.25. The van der Waals surface area contributed by atoms with Crippen LogP contribution in [0.3, 0.4) is 0 Å². The number of aromatic nitrogens is 1. The Balaban J connectivity index is 1.38. The molecular formula is C21H29ClN4O2S. The van der Waals surface area contributed by atoms with E-state index >= 15 is 0 Å². The summed E-state index contributed by atoms with van der Waals surface area (Å²) in [6, 6.07) is 8.85. The van der Waals surface area contributed by atoms with Gasteiger partial charge in [-0.05, 0) is 51.3 Å². The number of hydrogen-bond donors (Lipinski definition) is 2. The number of piperidine rings is 1. The smallest absolute Gasteiger partial charge is 0.410 e. The van der Waals surface area contributed by atoms with Gasteiger partial charge in [0.25, 0.3) is 0 Å². The van der Waals surface area contributed by atoms with E-state index in [1.165, 1.54) is 16.9 Å². The summed E-state index contributed by atoms with van der Waals surface area (Å²) in [4.78, 5) is 19.1. The molecule has 1 aromatic heterocycles. The first-order chi connectivity index (χ1) is 13.8. The predicted molar refractivity (Wildman–Crippen MR) is 119 cm³/mol. The minimum absolute atomic E-state index is 0.209. The molecule has 6 nitrogen and oxygen atoms in total. The normalized spacial score (nSPS) is 15.4. The molecule has 1 aromatic carbocycles. The van der Waals surface area contributed by atoms with Crippen LogP contribution in [0.2, 0.25) is 4.47 Å². The third-order valence-corrected chi connectivity index (χ3v) is 5.80. The van der Waals surface area contributed by atoms with Crippen LogP contribution in [0.4, 0.5) is 10.5 Å². The van der Waals surface area contributed by atoms with Crippen LogP contribution in [-0.4, -0.2) is 40.7 Å². The molecule has 2 N–H and O–H groups in total. The highest BCUT2D eigenvalue weighted by atomic mass is 35.5. The van der Waals surface area contributed by atoms with Crippen molar-refractivity contribution in [2.24, 2.45) is 0 Å². The number of amides is 1. The maximum absolute atomic E-state index is 12.1. The first kappa shape index (κ1) is 21.9. The van der Waals surface area contributed by atoms with Crippen LogP contribution in [0.5, 0.6) is 0 Å². The molecule has 1 aliphatic heterocycles. The fourth-order valence-electron chi connectivity index (χ4n) is 3.15. The minimum Gasteiger partial charge on any atom is -0.444 e. The highest BCUT2D eigenvalue weighted by Gasteiger charge is 2.26. The van der Waals surface area contributed by atoms with Crippen LogP contribution < -0.4 is 10.6 Å². The van der Waals surface area contributed by atoms with Gasteiger partial charge in [-0.25, -0.2) is 9.78 Å². The van der Waals surface area contributed by atoms with Crippen molar-refractivity contribution in [1.29, 1.82) is 0 Å². The first-order valence-corrected chi connectivity index (χ1v) is 11.1. The van der Waals surface area contributed by atoms with Crippen molar-refractivity contribution >= 4 is 34.7 Å². The van der Waals surface area contributed by atoms with Gasteiger partial charge in [0.15, 0.2) is 4.47 Å². The van der Waals surface area contributed by atoms with Crippen LogP contribution in [0.1, 0.15) is 44.1 Å². The van der Waals surface area contributed by atoms with Crippen molar-refractivity contribution in [1.82, 2.24) is 15.2 Å². The highest BCUT2D eigenvalue weighted by Crippen LogP contribution is 2.20. The van der Waals surface area contributed by atoms with Gasteiger partial charge in [-0.15, -0.1) is 11.3 Å². The first-order valence-electron chi connectivity index (χ1n) is 9.93. The van der Waals surface area contributed by atoms with Gasteiger partial charge in [0.2, 0.25) is 0 Å². The molecule has 0 saturated carbocycles. The fourth-order valence-corrected chi connectivity index (χ4v) is 4.07. The molecule has 0 aliphatic carbocycles. The zero-order chi connectivity index (χ0) is 20.9. The van der Waals surface area contributed by atoms with Gasteiger partial charge < -0.3 is 20.3 Å². The third kappa shape index (κ3) is 7.17. The number of benzene rings is 1. The maximum atomic E-state index is 12.1. The van der Waals surface area contributed by atoms with Gasteiger partial charge >= 0.3 is 6.09 Å². The van der Waals surface area contributed by atoms with E-state index in [0.717, 1.165) is 49.6 Å². The zero-order valence-electron chi connectivity index (χ0n) is 17.2. The average molecular weight is 437 g/mol. The summed E-state index contributed by atoms with van der Waals surface area (Å²) >= 11 is 7.35. The van der Waals surface area contributed by atoms with Crippen molar-refractivity contribution in [2.75, 3.05) is 18.4 Å². The van der Waals surface area contributed by atoms with Crippen LogP contribution >= 0.6 is 22.9 Å². The Kier molecular flexibility index (Phi) is 7.38. The molecule has 1 saturated heterocycles. The summed E-state index contributed by atoms with van der Waals surface area (Å²) in [5, 5.41) is 6.99. The lowest BCUT2D eigenvalue weighted by Gasteiger charge is -2.33. The van der Waals surface area contributed by atoms with E-state index in [2.05, 4.69) is 39.9 Å². The Morgan fingerprint density at radius 1 is 1.24 bits per heavy atom. The average Bonchev–Trinajstić information content (AvgIpc) is 3.10. The van der Waals surface area contributed by atoms with E-state index in [4.69, 9.17) is 16.3 Å². The quantitative estimate of drug-likeness (QED) is 0.674. The number of anilines is 1. The molecule has 29 heavy (non-hydrogen) atoms. The number of rotatable bonds is 6. The number of carbonyl (C=O) groups is 1. The SMILES string of the molecule is CC(C)(C)OC(=O)N1CCC(NCc2ccc(NCc3cnc(Cl)s3)cc2)CC1. The fraction of sp³-hybridized carbons (Fsp3) is 0.524. The molecule has 1 amide bonds. The Morgan fingerprint density at radius 2 is 1.93 bits per heavy atom. The lowest BCUT2D eigenvalue weighted by molar-refractivity contribution is 0.0198. The lowest BCUT2D eigenvalue weighted by Crippen LogP contribution is -2.46. The van der Waals surface area contributed by atoms with Crippen LogP contribution in [0, 0.1) is 0 Å². The number of halogens is 1. The molecule has 0 unspecified atom stereocenters. The number of nitrogens with one attached hydrogen (secondary N) is 2. The monoisotopic (exact) mass is 436 g/mol. The summed E-state index contributed by atoms with van der Waals surface area (Å²) in [6.45, 7) is 8.70. The van der Waals surface area contributed by atoms with Gasteiger partial charge in [-0.1, -0.05) is 23.7 Å². The van der Waals surface area contributed by atoms with Gasteiger partial charge in [0, 0.05) is 42.4 Å². The molecule has 0 bridgehead atoms. The van der Waals surface area contributed by atoms with Crippen molar-refractivity contribution in [3.63, 3.8) is 0 Å². The van der Waals surface area contributed by atoms with Crippen molar-refractivity contribution in [3.8, 4) is 0 Å². The van der Waals surface area contributed by atoms with Crippen LogP contribution in [0.25, 0.3) is 0 Å². The summed E-state index contributed by atoms with van der Waals surface area (Å²) in [7, 11) is 0. The largest absolute Gasteiger partial charge is 0.444 e. The van der Waals surface area contributed by atoms with E-state index in [-0.39, 0.29) is 6.09 Å². The second kappa shape index (κ2) is 9.78. The van der Waals surface area contributed by atoms with Crippen molar-refractivity contribution in [2.45, 2.75) is 58.3 Å². The van der Waals surface area contributed by atoms with Gasteiger partial charge in [0.05, 0.1) is 6.54 Å². The number of nitrogens with zero attached hydrogens (tertiary/aromatic N) is 2. The van der Waals surface area contributed by atoms with Crippen LogP contribution in [0.15, 0.2) is 30.5 Å². The predicted octanol–water partition coefficient (Wildman–Crippen LogP) is 4.90. The van der Waals surface area contributed by atoms with E-state index < -0.39 is 5.60 Å². The molecule has 3 rings (SSSR count). The van der Waals surface area contributed by atoms with Gasteiger partial charge in [0.1, 0.15) is 5.60 Å². The Hall–Kier alpha value is -1.83. The molecule has 1 aliphatic rings. The molecule has 2 aromatic rings. The topological polar surface area (TPSA) is 66.5 Å². The van der Waals surface area contributed by atoms with E-state index in [1.807, 2.05) is 20.8 Å². The number of hydrogen-bond acceptors (Lipinski definition) is 6. The summed E-state index contributed by atoms with van der Waals surface area (Å²) in [5.41, 5.74) is 1.87. The summed E-state index contributed by atoms with van der Waals surface area (Å²) < 4.78 is 6.02. The Morgan fingerprint density at radius 3 is 2.52 bits per heavy atom. The summed E-state index contributed by atoms with van der Waals surface area (Å²) in [6.07, 6.45) is 3.47. The number of carbonyl (C=O) groups excluding carboxylic acids is 1. The van der Waals surface area contributed by atoms with E-state index in [9.17, 15) is 4.79 Å². The molecule has 2 heterocycles. The van der Waals surface area contributed by atoms with E-state index in [1.54, 1.807) is 11.1 Å². The van der Waals surface area contributed by atoms with Crippen molar-refractivity contribution in [3.05, 3.63) is 45.4 Å². The highest BCUT2D eigenvalue weighted by molar-refractivity contribution is 7.15.